The van der Waals surface area contributed by atoms with Crippen LogP contribution < -0.4 is 10.1 Å². The highest BCUT2D eigenvalue weighted by atomic mass is 16.5. The quantitative estimate of drug-likeness (QED) is 0.698. The lowest BCUT2D eigenvalue weighted by Gasteiger charge is -2.09. The molecule has 0 saturated carbocycles. The molecule has 0 aromatic heterocycles. The van der Waals surface area contributed by atoms with Crippen LogP contribution in [0.5, 0.6) is 5.75 Å². The lowest BCUT2D eigenvalue weighted by atomic mass is 10.1. The second kappa shape index (κ2) is 8.16. The fraction of sp³-hybridized carbons (Fsp3) is 0.429. The standard InChI is InChI=1S/C14H19NO5/c1-10(14(17)18)9-15-13(16)11-3-5-12(6-4-11)20-8-7-19-2/h3-6,10H,7-9H2,1-2H3,(H,15,16)(H,17,18). The zero-order valence-electron chi connectivity index (χ0n) is 11.6. The molecule has 6 nitrogen and oxygen atoms in total. The Hall–Kier alpha value is -2.08. The van der Waals surface area contributed by atoms with Gasteiger partial charge in [-0.1, -0.05) is 6.92 Å². The monoisotopic (exact) mass is 281 g/mol. The number of carbonyl (C=O) groups excluding carboxylic acids is 1. The Balaban J connectivity index is 2.46. The van der Waals surface area contributed by atoms with Gasteiger partial charge in [-0.15, -0.1) is 0 Å². The molecular formula is C14H19NO5. The SMILES string of the molecule is COCCOc1ccc(C(=O)NCC(C)C(=O)O)cc1. The van der Waals surface area contributed by atoms with E-state index in [1.807, 2.05) is 0 Å². The summed E-state index contributed by atoms with van der Waals surface area (Å²) in [5, 5.41) is 11.3. The van der Waals surface area contributed by atoms with Gasteiger partial charge in [-0.05, 0) is 24.3 Å². The number of rotatable bonds is 8. The maximum atomic E-state index is 11.8. The Morgan fingerprint density at radius 3 is 2.45 bits per heavy atom. The van der Waals surface area contributed by atoms with Crippen molar-refractivity contribution in [2.75, 3.05) is 26.9 Å². The molecule has 110 valence electrons. The van der Waals surface area contributed by atoms with E-state index in [0.717, 1.165) is 0 Å². The summed E-state index contributed by atoms with van der Waals surface area (Å²) < 4.78 is 10.2. The summed E-state index contributed by atoms with van der Waals surface area (Å²) in [6.45, 7) is 2.57. The van der Waals surface area contributed by atoms with Crippen LogP contribution in [0.1, 0.15) is 17.3 Å². The van der Waals surface area contributed by atoms with Gasteiger partial charge in [0, 0.05) is 19.2 Å². The number of carboxylic acid groups (broad SMARTS) is 1. The van der Waals surface area contributed by atoms with E-state index in [2.05, 4.69) is 5.32 Å². The van der Waals surface area contributed by atoms with Gasteiger partial charge in [0.15, 0.2) is 0 Å². The number of carboxylic acids is 1. The van der Waals surface area contributed by atoms with Gasteiger partial charge in [0.2, 0.25) is 0 Å². The van der Waals surface area contributed by atoms with E-state index < -0.39 is 11.9 Å². The average molecular weight is 281 g/mol. The van der Waals surface area contributed by atoms with Crippen molar-refractivity contribution in [1.29, 1.82) is 0 Å². The second-order valence-corrected chi connectivity index (χ2v) is 4.31. The predicted molar refractivity (Wildman–Crippen MR) is 72.9 cm³/mol. The van der Waals surface area contributed by atoms with Crippen LogP contribution in [0.4, 0.5) is 0 Å². The Labute approximate surface area is 117 Å². The van der Waals surface area contributed by atoms with Crippen molar-refractivity contribution >= 4 is 11.9 Å². The Morgan fingerprint density at radius 2 is 1.90 bits per heavy atom. The molecule has 1 rings (SSSR count). The maximum absolute atomic E-state index is 11.8. The maximum Gasteiger partial charge on any atom is 0.308 e. The molecule has 0 bridgehead atoms. The first kappa shape index (κ1) is 16.0. The summed E-state index contributed by atoms with van der Waals surface area (Å²) in [5.41, 5.74) is 0.460. The molecule has 6 heteroatoms. The average Bonchev–Trinajstić information content (AvgIpc) is 2.45. The summed E-state index contributed by atoms with van der Waals surface area (Å²) in [4.78, 5) is 22.4. The van der Waals surface area contributed by atoms with Crippen molar-refractivity contribution < 1.29 is 24.2 Å². The molecule has 1 aromatic carbocycles. The first-order chi connectivity index (χ1) is 9.54. The number of amides is 1. The molecule has 20 heavy (non-hydrogen) atoms. The lowest BCUT2D eigenvalue weighted by Crippen LogP contribution is -2.31. The molecule has 0 aliphatic carbocycles. The molecule has 1 aromatic rings. The summed E-state index contributed by atoms with van der Waals surface area (Å²) in [7, 11) is 1.59. The minimum Gasteiger partial charge on any atom is -0.491 e. The topological polar surface area (TPSA) is 84.9 Å². The minimum absolute atomic E-state index is 0.0975. The van der Waals surface area contributed by atoms with Crippen LogP contribution in [-0.4, -0.2) is 43.9 Å². The lowest BCUT2D eigenvalue weighted by molar-refractivity contribution is -0.140. The van der Waals surface area contributed by atoms with E-state index in [9.17, 15) is 9.59 Å². The van der Waals surface area contributed by atoms with Crippen LogP contribution in [0.15, 0.2) is 24.3 Å². The third-order valence-corrected chi connectivity index (χ3v) is 2.66. The van der Waals surface area contributed by atoms with Gasteiger partial charge in [0.1, 0.15) is 12.4 Å². The summed E-state index contributed by atoms with van der Waals surface area (Å²) >= 11 is 0. The van der Waals surface area contributed by atoms with Gasteiger partial charge < -0.3 is 19.9 Å². The molecule has 1 unspecified atom stereocenters. The first-order valence-electron chi connectivity index (χ1n) is 6.27. The van der Waals surface area contributed by atoms with Crippen molar-refractivity contribution in [1.82, 2.24) is 5.32 Å². The van der Waals surface area contributed by atoms with Crippen LogP contribution >= 0.6 is 0 Å². The largest absolute Gasteiger partial charge is 0.491 e. The van der Waals surface area contributed by atoms with Crippen molar-refractivity contribution in [2.24, 2.45) is 5.92 Å². The number of ether oxygens (including phenoxy) is 2. The molecule has 0 aliphatic heterocycles. The normalized spacial score (nSPS) is 11.7. The van der Waals surface area contributed by atoms with Gasteiger partial charge in [0.05, 0.1) is 12.5 Å². The highest BCUT2D eigenvalue weighted by Crippen LogP contribution is 2.12. The van der Waals surface area contributed by atoms with Crippen LogP contribution in [0.2, 0.25) is 0 Å². The summed E-state index contributed by atoms with van der Waals surface area (Å²) in [6, 6.07) is 6.63. The number of benzene rings is 1. The van der Waals surface area contributed by atoms with Crippen LogP contribution in [-0.2, 0) is 9.53 Å². The zero-order valence-corrected chi connectivity index (χ0v) is 11.6. The molecule has 0 heterocycles. The van der Waals surface area contributed by atoms with E-state index in [4.69, 9.17) is 14.6 Å². The van der Waals surface area contributed by atoms with Crippen LogP contribution in [0.25, 0.3) is 0 Å². The molecule has 0 radical (unpaired) electrons. The van der Waals surface area contributed by atoms with E-state index in [1.54, 1.807) is 31.4 Å². The van der Waals surface area contributed by atoms with Gasteiger partial charge in [-0.25, -0.2) is 0 Å². The Morgan fingerprint density at radius 1 is 1.25 bits per heavy atom. The van der Waals surface area contributed by atoms with Crippen molar-refractivity contribution in [3.05, 3.63) is 29.8 Å². The highest BCUT2D eigenvalue weighted by Gasteiger charge is 2.13. The molecule has 0 aliphatic rings. The van der Waals surface area contributed by atoms with E-state index in [0.29, 0.717) is 24.5 Å². The number of aliphatic carboxylic acids is 1. The van der Waals surface area contributed by atoms with Gasteiger partial charge in [-0.3, -0.25) is 9.59 Å². The van der Waals surface area contributed by atoms with Crippen molar-refractivity contribution in [3.63, 3.8) is 0 Å². The molecule has 1 amide bonds. The van der Waals surface area contributed by atoms with E-state index in [1.165, 1.54) is 6.92 Å². The van der Waals surface area contributed by atoms with E-state index >= 15 is 0 Å². The fourth-order valence-corrected chi connectivity index (χ4v) is 1.38. The molecule has 0 saturated heterocycles. The second-order valence-electron chi connectivity index (χ2n) is 4.31. The van der Waals surface area contributed by atoms with Crippen LogP contribution in [0.3, 0.4) is 0 Å². The highest BCUT2D eigenvalue weighted by molar-refractivity contribution is 5.94. The summed E-state index contributed by atoms with van der Waals surface area (Å²) in [5.74, 6) is -1.21. The third-order valence-electron chi connectivity index (χ3n) is 2.66. The number of nitrogens with one attached hydrogen (secondary N) is 1. The van der Waals surface area contributed by atoms with Gasteiger partial charge in [0.25, 0.3) is 5.91 Å². The van der Waals surface area contributed by atoms with Gasteiger partial charge >= 0.3 is 5.97 Å². The van der Waals surface area contributed by atoms with Crippen LogP contribution in [0, 0.1) is 5.92 Å². The number of carbonyl (C=O) groups is 2. The Kier molecular flexibility index (Phi) is 6.52. The van der Waals surface area contributed by atoms with Gasteiger partial charge in [-0.2, -0.15) is 0 Å². The molecule has 2 N–H and O–H groups in total. The van der Waals surface area contributed by atoms with E-state index in [-0.39, 0.29) is 12.5 Å². The minimum atomic E-state index is -0.938. The first-order valence-corrected chi connectivity index (χ1v) is 6.27. The molecule has 1 atom stereocenters. The number of methoxy groups -OCH3 is 1. The number of hydrogen-bond acceptors (Lipinski definition) is 4. The predicted octanol–water partition coefficient (Wildman–Crippen LogP) is 1.16. The summed E-state index contributed by atoms with van der Waals surface area (Å²) in [6.07, 6.45) is 0. The fourth-order valence-electron chi connectivity index (χ4n) is 1.38. The molecular weight excluding hydrogens is 262 g/mol. The molecule has 0 spiro atoms. The molecule has 0 fully saturated rings. The number of hydrogen-bond donors (Lipinski definition) is 2. The third kappa shape index (κ3) is 5.27. The van der Waals surface area contributed by atoms with Crippen molar-refractivity contribution in [3.8, 4) is 5.75 Å². The smallest absolute Gasteiger partial charge is 0.308 e. The van der Waals surface area contributed by atoms with Crippen molar-refractivity contribution in [2.45, 2.75) is 6.92 Å². The Bertz CT molecular complexity index is 443. The zero-order chi connectivity index (χ0) is 15.0.